The van der Waals surface area contributed by atoms with E-state index in [4.69, 9.17) is 4.74 Å². The molecule has 34 heavy (non-hydrogen) atoms. The Balaban J connectivity index is 1.49. The molecule has 0 heterocycles. The minimum atomic E-state index is -0.0968. The van der Waals surface area contributed by atoms with Gasteiger partial charge in [-0.1, -0.05) is 55.4 Å². The molecule has 0 saturated heterocycles. The van der Waals surface area contributed by atoms with Crippen LogP contribution < -0.4 is 0 Å². The summed E-state index contributed by atoms with van der Waals surface area (Å²) in [6.07, 6.45) is 15.1. The zero-order chi connectivity index (χ0) is 24.9. The lowest BCUT2D eigenvalue weighted by atomic mass is 9.30. The highest BCUT2D eigenvalue weighted by Gasteiger charge is 2.70. The summed E-state index contributed by atoms with van der Waals surface area (Å²) in [5, 5.41) is 0. The maximum atomic E-state index is 11.8. The molecule has 0 aliphatic heterocycles. The smallest absolute Gasteiger partial charge is 0.302 e. The molecule has 2 unspecified atom stereocenters. The first-order chi connectivity index (χ1) is 15.6. The highest BCUT2D eigenvalue weighted by Crippen LogP contribution is 2.78. The lowest BCUT2D eigenvalue weighted by Gasteiger charge is -2.75. The van der Waals surface area contributed by atoms with Crippen molar-refractivity contribution in [3.05, 3.63) is 0 Å². The van der Waals surface area contributed by atoms with E-state index >= 15 is 0 Å². The molecular formula is C32H54O2. The molecule has 5 aliphatic rings. The number of rotatable bonds is 1. The van der Waals surface area contributed by atoms with E-state index in [1.807, 2.05) is 0 Å². The van der Waals surface area contributed by atoms with E-state index in [0.29, 0.717) is 38.4 Å². The lowest BCUT2D eigenvalue weighted by molar-refractivity contribution is -0.263. The van der Waals surface area contributed by atoms with Gasteiger partial charge in [-0.2, -0.15) is 0 Å². The summed E-state index contributed by atoms with van der Waals surface area (Å²) in [6, 6.07) is 0. The summed E-state index contributed by atoms with van der Waals surface area (Å²) in [5.41, 5.74) is 2.70. The Morgan fingerprint density at radius 3 is 1.97 bits per heavy atom. The Kier molecular flexibility index (Phi) is 5.55. The third-order valence-corrected chi connectivity index (χ3v) is 14.2. The van der Waals surface area contributed by atoms with Crippen LogP contribution in [0.1, 0.15) is 133 Å². The van der Waals surface area contributed by atoms with Crippen molar-refractivity contribution in [1.29, 1.82) is 0 Å². The van der Waals surface area contributed by atoms with E-state index in [0.717, 1.165) is 24.2 Å². The molecule has 0 aromatic heterocycles. The van der Waals surface area contributed by atoms with Crippen molar-refractivity contribution in [1.82, 2.24) is 0 Å². The van der Waals surface area contributed by atoms with Crippen molar-refractivity contribution in [2.45, 2.75) is 139 Å². The van der Waals surface area contributed by atoms with Crippen LogP contribution in [0.2, 0.25) is 0 Å². The van der Waals surface area contributed by atoms with Crippen LogP contribution in [0.25, 0.3) is 0 Å². The summed E-state index contributed by atoms with van der Waals surface area (Å²) < 4.78 is 5.86. The lowest BCUT2D eigenvalue weighted by Crippen LogP contribution is -2.68. The molecular weight excluding hydrogens is 416 g/mol. The highest BCUT2D eigenvalue weighted by atomic mass is 16.5. The van der Waals surface area contributed by atoms with Gasteiger partial charge in [0.25, 0.3) is 0 Å². The molecule has 0 radical (unpaired) electrons. The van der Waals surface area contributed by atoms with Crippen molar-refractivity contribution < 1.29 is 9.53 Å². The van der Waals surface area contributed by atoms with Gasteiger partial charge in [-0.15, -0.1) is 0 Å². The molecule has 5 aliphatic carbocycles. The van der Waals surface area contributed by atoms with Gasteiger partial charge < -0.3 is 4.74 Å². The number of fused-ring (bicyclic) bond motifs is 7. The number of carbonyl (C=O) groups excluding carboxylic acids is 1. The van der Waals surface area contributed by atoms with Crippen LogP contribution in [-0.2, 0) is 9.53 Å². The van der Waals surface area contributed by atoms with E-state index in [9.17, 15) is 4.79 Å². The van der Waals surface area contributed by atoms with Gasteiger partial charge in [-0.25, -0.2) is 0 Å². The van der Waals surface area contributed by atoms with Gasteiger partial charge in [0, 0.05) is 6.92 Å². The maximum Gasteiger partial charge on any atom is 0.302 e. The Labute approximate surface area is 210 Å². The molecule has 5 fully saturated rings. The summed E-state index contributed by atoms with van der Waals surface area (Å²) >= 11 is 0. The standard InChI is InChI=1S/C32H54O2/c1-21-23(34-22(2)33)10-11-24-29(21,6)13-12-25-30(24,7)17-19-32(9)26-20-27(3,4)14-15-28(26,5)16-18-31(25,32)8/h21,23-26H,10-20H2,1-9H3/t21-,23+,24?,25?,26+,28+,29+,30-,31+,32-/m0/s1. The SMILES string of the molecule is CC(=O)O[C@@H]1CCC2[C@]3(C)CC[C@@]4(C)[C@@H]5CC(C)(C)CC[C@]5(C)CC[C@]4(C)C3CC[C@]2(C)[C@H]1C. The molecule has 2 heteroatoms. The van der Waals surface area contributed by atoms with Crippen molar-refractivity contribution in [2.24, 2.45) is 56.2 Å². The molecule has 0 aromatic rings. The fraction of sp³-hybridized carbons (Fsp3) is 0.969. The van der Waals surface area contributed by atoms with Crippen LogP contribution >= 0.6 is 0 Å². The van der Waals surface area contributed by atoms with Gasteiger partial charge in [0.05, 0.1) is 0 Å². The van der Waals surface area contributed by atoms with Crippen LogP contribution in [0.5, 0.6) is 0 Å². The van der Waals surface area contributed by atoms with E-state index in [-0.39, 0.29) is 12.1 Å². The third kappa shape index (κ3) is 3.21. The average molecular weight is 471 g/mol. The van der Waals surface area contributed by atoms with E-state index in [1.54, 1.807) is 6.92 Å². The van der Waals surface area contributed by atoms with Crippen LogP contribution in [0.3, 0.4) is 0 Å². The first kappa shape index (κ1) is 25.1. The van der Waals surface area contributed by atoms with Gasteiger partial charge >= 0.3 is 5.97 Å². The van der Waals surface area contributed by atoms with Crippen LogP contribution in [-0.4, -0.2) is 12.1 Å². The second-order valence-corrected chi connectivity index (χ2v) is 16.1. The molecule has 194 valence electrons. The topological polar surface area (TPSA) is 26.3 Å². The Bertz CT molecular complexity index is 846. The van der Waals surface area contributed by atoms with E-state index in [2.05, 4.69) is 55.4 Å². The van der Waals surface area contributed by atoms with Crippen molar-refractivity contribution in [3.8, 4) is 0 Å². The predicted octanol–water partition coefficient (Wildman–Crippen LogP) is 8.82. The summed E-state index contributed by atoms with van der Waals surface area (Å²) in [6.45, 7) is 22.5. The molecule has 0 amide bonds. The summed E-state index contributed by atoms with van der Waals surface area (Å²) in [5.74, 6) is 2.84. The second kappa shape index (κ2) is 7.50. The monoisotopic (exact) mass is 470 g/mol. The molecule has 10 atom stereocenters. The van der Waals surface area contributed by atoms with Crippen molar-refractivity contribution in [2.75, 3.05) is 0 Å². The number of hydrogen-bond donors (Lipinski definition) is 0. The molecule has 5 saturated carbocycles. The summed E-state index contributed by atoms with van der Waals surface area (Å²) in [7, 11) is 0. The molecule has 5 rings (SSSR count). The fourth-order valence-electron chi connectivity index (χ4n) is 11.7. The Hall–Kier alpha value is -0.530. The molecule has 0 N–H and O–H groups in total. The van der Waals surface area contributed by atoms with Gasteiger partial charge in [0.2, 0.25) is 0 Å². The zero-order valence-electron chi connectivity index (χ0n) is 24.0. The van der Waals surface area contributed by atoms with Crippen LogP contribution in [0.4, 0.5) is 0 Å². The van der Waals surface area contributed by atoms with E-state index in [1.165, 1.54) is 64.2 Å². The van der Waals surface area contributed by atoms with E-state index < -0.39 is 0 Å². The molecule has 0 spiro atoms. The Morgan fingerprint density at radius 2 is 1.29 bits per heavy atom. The maximum absolute atomic E-state index is 11.8. The van der Waals surface area contributed by atoms with Gasteiger partial charge in [-0.05, 0) is 127 Å². The number of ether oxygens (including phenoxy) is 1. The minimum absolute atomic E-state index is 0.0968. The molecule has 0 aromatic carbocycles. The largest absolute Gasteiger partial charge is 0.462 e. The summed E-state index contributed by atoms with van der Waals surface area (Å²) in [4.78, 5) is 11.8. The minimum Gasteiger partial charge on any atom is -0.462 e. The van der Waals surface area contributed by atoms with Gasteiger partial charge in [0.1, 0.15) is 6.10 Å². The van der Waals surface area contributed by atoms with Gasteiger partial charge in [0.15, 0.2) is 0 Å². The normalized spacial score (nSPS) is 56.3. The average Bonchev–Trinajstić information content (AvgIpc) is 2.74. The molecule has 0 bridgehead atoms. The van der Waals surface area contributed by atoms with Crippen LogP contribution in [0.15, 0.2) is 0 Å². The van der Waals surface area contributed by atoms with Gasteiger partial charge in [-0.3, -0.25) is 4.79 Å². The van der Waals surface area contributed by atoms with Crippen molar-refractivity contribution >= 4 is 5.97 Å². The third-order valence-electron chi connectivity index (χ3n) is 14.2. The molecule has 2 nitrogen and oxygen atoms in total. The quantitative estimate of drug-likeness (QED) is 0.358. The zero-order valence-corrected chi connectivity index (χ0v) is 24.0. The Morgan fingerprint density at radius 1 is 0.676 bits per heavy atom. The van der Waals surface area contributed by atoms with Crippen molar-refractivity contribution in [3.63, 3.8) is 0 Å². The predicted molar refractivity (Wildman–Crippen MR) is 140 cm³/mol. The highest BCUT2D eigenvalue weighted by molar-refractivity contribution is 5.66. The number of esters is 1. The first-order valence-electron chi connectivity index (χ1n) is 14.8. The fourth-order valence-corrected chi connectivity index (χ4v) is 11.7. The first-order valence-corrected chi connectivity index (χ1v) is 14.8. The van der Waals surface area contributed by atoms with Crippen LogP contribution in [0, 0.1) is 56.2 Å². The number of hydrogen-bond acceptors (Lipinski definition) is 2. The second-order valence-electron chi connectivity index (χ2n) is 16.1. The number of carbonyl (C=O) groups is 1.